The normalized spacial score (nSPS) is 21.5. The van der Waals surface area contributed by atoms with Crippen molar-refractivity contribution in [1.29, 1.82) is 0 Å². The van der Waals surface area contributed by atoms with Crippen molar-refractivity contribution in [3.05, 3.63) is 36.7 Å². The Balaban J connectivity index is 1.52. The summed E-state index contributed by atoms with van der Waals surface area (Å²) in [6.07, 6.45) is 10.8. The van der Waals surface area contributed by atoms with E-state index in [0.717, 1.165) is 25.5 Å². The van der Waals surface area contributed by atoms with E-state index in [4.69, 9.17) is 0 Å². The van der Waals surface area contributed by atoms with E-state index in [1.165, 1.54) is 12.8 Å². The molecular weight excluding hydrogens is 278 g/mol. The third kappa shape index (κ3) is 2.91. The highest BCUT2D eigenvalue weighted by Gasteiger charge is 2.30. The standard InChI is InChI=1S/C16H21N5O/c22-16(8-13-2-3-13)20-10-14(11-21-6-1-4-18-21)9-19-7-5-17-15(19)12-20/h1,4-7,13-14H,2-3,8-12H2/t14-/m1/s1. The van der Waals surface area contributed by atoms with Crippen LogP contribution in [-0.2, 0) is 24.4 Å². The van der Waals surface area contributed by atoms with Crippen LogP contribution in [-0.4, -0.2) is 36.7 Å². The van der Waals surface area contributed by atoms with Crippen molar-refractivity contribution in [2.75, 3.05) is 6.54 Å². The average molecular weight is 299 g/mol. The van der Waals surface area contributed by atoms with Gasteiger partial charge in [-0.3, -0.25) is 9.48 Å². The first-order chi connectivity index (χ1) is 10.8. The van der Waals surface area contributed by atoms with Crippen molar-refractivity contribution in [3.63, 3.8) is 0 Å². The molecule has 0 spiro atoms. The molecule has 6 nitrogen and oxygen atoms in total. The molecule has 4 rings (SSSR count). The van der Waals surface area contributed by atoms with E-state index in [9.17, 15) is 4.79 Å². The number of carbonyl (C=O) groups excluding carboxylic acids is 1. The molecule has 1 atom stereocenters. The summed E-state index contributed by atoms with van der Waals surface area (Å²) in [5.74, 6) is 2.26. The van der Waals surface area contributed by atoms with Crippen LogP contribution in [0.1, 0.15) is 25.1 Å². The first kappa shape index (κ1) is 13.5. The van der Waals surface area contributed by atoms with Gasteiger partial charge in [-0.2, -0.15) is 5.10 Å². The van der Waals surface area contributed by atoms with E-state index in [1.807, 2.05) is 34.2 Å². The lowest BCUT2D eigenvalue weighted by molar-refractivity contribution is -0.132. The zero-order chi connectivity index (χ0) is 14.9. The van der Waals surface area contributed by atoms with Gasteiger partial charge in [0.1, 0.15) is 5.82 Å². The van der Waals surface area contributed by atoms with Gasteiger partial charge in [0.2, 0.25) is 5.91 Å². The molecule has 0 bridgehead atoms. The van der Waals surface area contributed by atoms with Gasteiger partial charge >= 0.3 is 0 Å². The predicted octanol–water partition coefficient (Wildman–Crippen LogP) is 1.54. The molecule has 0 unspecified atom stereocenters. The first-order valence-electron chi connectivity index (χ1n) is 8.03. The molecule has 0 radical (unpaired) electrons. The maximum absolute atomic E-state index is 12.5. The lowest BCUT2D eigenvalue weighted by atomic mass is 10.1. The number of imidazole rings is 1. The molecule has 2 aromatic rings. The van der Waals surface area contributed by atoms with E-state index in [1.54, 1.807) is 6.20 Å². The lowest BCUT2D eigenvalue weighted by Crippen LogP contribution is -2.35. The fraction of sp³-hybridized carbons (Fsp3) is 0.562. The summed E-state index contributed by atoms with van der Waals surface area (Å²) < 4.78 is 4.13. The van der Waals surface area contributed by atoms with Gasteiger partial charge in [0.25, 0.3) is 0 Å². The lowest BCUT2D eigenvalue weighted by Gasteiger charge is -2.24. The number of fused-ring (bicyclic) bond motifs is 1. The largest absolute Gasteiger partial charge is 0.335 e. The van der Waals surface area contributed by atoms with Crippen molar-refractivity contribution in [1.82, 2.24) is 24.2 Å². The van der Waals surface area contributed by atoms with E-state index in [2.05, 4.69) is 14.6 Å². The molecule has 0 aromatic carbocycles. The molecule has 0 saturated heterocycles. The molecular formula is C16H21N5O. The number of nitrogens with zero attached hydrogens (tertiary/aromatic N) is 5. The molecule has 1 aliphatic carbocycles. The molecule has 2 aliphatic rings. The number of rotatable bonds is 4. The minimum atomic E-state index is 0.282. The summed E-state index contributed by atoms with van der Waals surface area (Å²) in [7, 11) is 0. The Morgan fingerprint density at radius 2 is 2.09 bits per heavy atom. The van der Waals surface area contributed by atoms with Crippen LogP contribution in [0.15, 0.2) is 30.9 Å². The Hall–Kier alpha value is -2.11. The molecule has 0 N–H and O–H groups in total. The quantitative estimate of drug-likeness (QED) is 0.860. The van der Waals surface area contributed by atoms with Crippen LogP contribution in [0.2, 0.25) is 0 Å². The van der Waals surface area contributed by atoms with Crippen LogP contribution in [0.5, 0.6) is 0 Å². The molecule has 6 heteroatoms. The number of aromatic nitrogens is 4. The van der Waals surface area contributed by atoms with Crippen molar-refractivity contribution in [2.24, 2.45) is 11.8 Å². The molecule has 1 amide bonds. The topological polar surface area (TPSA) is 56.0 Å². The van der Waals surface area contributed by atoms with Gasteiger partial charge in [-0.1, -0.05) is 0 Å². The summed E-state index contributed by atoms with van der Waals surface area (Å²) in [6, 6.07) is 1.94. The summed E-state index contributed by atoms with van der Waals surface area (Å²) in [5, 5.41) is 4.30. The molecule has 1 aliphatic heterocycles. The minimum Gasteiger partial charge on any atom is -0.335 e. The monoisotopic (exact) mass is 299 g/mol. The van der Waals surface area contributed by atoms with Crippen molar-refractivity contribution < 1.29 is 4.79 Å². The number of carbonyl (C=O) groups is 1. The van der Waals surface area contributed by atoms with Gasteiger partial charge in [-0.05, 0) is 24.8 Å². The van der Waals surface area contributed by atoms with Crippen LogP contribution in [0.4, 0.5) is 0 Å². The zero-order valence-corrected chi connectivity index (χ0v) is 12.6. The second-order valence-corrected chi connectivity index (χ2v) is 6.51. The minimum absolute atomic E-state index is 0.282. The van der Waals surface area contributed by atoms with Crippen LogP contribution >= 0.6 is 0 Å². The van der Waals surface area contributed by atoms with Crippen molar-refractivity contribution >= 4 is 5.91 Å². The number of amides is 1. The van der Waals surface area contributed by atoms with Gasteiger partial charge in [0.15, 0.2) is 0 Å². The van der Waals surface area contributed by atoms with Crippen LogP contribution < -0.4 is 0 Å². The molecule has 22 heavy (non-hydrogen) atoms. The smallest absolute Gasteiger partial charge is 0.223 e. The first-order valence-corrected chi connectivity index (χ1v) is 8.03. The average Bonchev–Trinajstić information content (AvgIpc) is 3.03. The predicted molar refractivity (Wildman–Crippen MR) is 80.7 cm³/mol. The Morgan fingerprint density at radius 3 is 2.86 bits per heavy atom. The highest BCUT2D eigenvalue weighted by atomic mass is 16.2. The van der Waals surface area contributed by atoms with Crippen LogP contribution in [0.25, 0.3) is 0 Å². The second kappa shape index (κ2) is 5.59. The van der Waals surface area contributed by atoms with Gasteiger partial charge in [0, 0.05) is 56.8 Å². The Morgan fingerprint density at radius 1 is 1.18 bits per heavy atom. The Kier molecular flexibility index (Phi) is 3.44. The number of hydrogen-bond acceptors (Lipinski definition) is 3. The van der Waals surface area contributed by atoms with E-state index in [-0.39, 0.29) is 5.91 Å². The fourth-order valence-corrected chi connectivity index (χ4v) is 3.22. The fourth-order valence-electron chi connectivity index (χ4n) is 3.22. The summed E-state index contributed by atoms with van der Waals surface area (Å²) in [6.45, 7) is 3.14. The second-order valence-electron chi connectivity index (χ2n) is 6.51. The molecule has 1 saturated carbocycles. The van der Waals surface area contributed by atoms with Crippen LogP contribution in [0.3, 0.4) is 0 Å². The molecule has 3 heterocycles. The number of hydrogen-bond donors (Lipinski definition) is 0. The molecule has 2 aromatic heterocycles. The van der Waals surface area contributed by atoms with Gasteiger partial charge in [-0.25, -0.2) is 4.98 Å². The summed E-state index contributed by atoms with van der Waals surface area (Å²) in [4.78, 5) is 19.0. The highest BCUT2D eigenvalue weighted by molar-refractivity contribution is 5.76. The Bertz CT molecular complexity index is 643. The third-order valence-electron chi connectivity index (χ3n) is 4.58. The van der Waals surface area contributed by atoms with Gasteiger partial charge < -0.3 is 9.47 Å². The zero-order valence-electron chi connectivity index (χ0n) is 12.6. The van der Waals surface area contributed by atoms with Gasteiger partial charge in [-0.15, -0.1) is 0 Å². The SMILES string of the molecule is O=C(CC1CC1)N1Cc2nccn2C[C@@H](Cn2cccn2)C1. The van der Waals surface area contributed by atoms with E-state index in [0.29, 0.717) is 24.8 Å². The van der Waals surface area contributed by atoms with E-state index >= 15 is 0 Å². The maximum Gasteiger partial charge on any atom is 0.223 e. The molecule has 1 fully saturated rings. The third-order valence-corrected chi connectivity index (χ3v) is 4.58. The van der Waals surface area contributed by atoms with E-state index < -0.39 is 0 Å². The summed E-state index contributed by atoms with van der Waals surface area (Å²) in [5.41, 5.74) is 0. The van der Waals surface area contributed by atoms with Crippen LogP contribution in [0, 0.1) is 11.8 Å². The highest BCUT2D eigenvalue weighted by Crippen LogP contribution is 2.33. The summed E-state index contributed by atoms with van der Waals surface area (Å²) >= 11 is 0. The Labute approximate surface area is 129 Å². The van der Waals surface area contributed by atoms with Crippen molar-refractivity contribution in [3.8, 4) is 0 Å². The maximum atomic E-state index is 12.5. The van der Waals surface area contributed by atoms with Gasteiger partial charge in [0.05, 0.1) is 6.54 Å². The molecule has 116 valence electrons. The van der Waals surface area contributed by atoms with Crippen molar-refractivity contribution in [2.45, 2.75) is 38.9 Å².